The van der Waals surface area contributed by atoms with Gasteiger partial charge in [0.1, 0.15) is 11.6 Å². The van der Waals surface area contributed by atoms with Crippen LogP contribution in [0.25, 0.3) is 0 Å². The Labute approximate surface area is 147 Å². The molecular weight excluding hydrogens is 312 g/mol. The monoisotopic (exact) mass is 332 g/mol. The lowest BCUT2D eigenvalue weighted by molar-refractivity contribution is 0.415. The van der Waals surface area contributed by atoms with Crippen molar-refractivity contribution in [2.24, 2.45) is 0 Å². The summed E-state index contributed by atoms with van der Waals surface area (Å²) in [7, 11) is 1.66. The smallest absolute Gasteiger partial charge is 0.229 e. The number of benzene rings is 2. The van der Waals surface area contributed by atoms with Crippen molar-refractivity contribution in [3.63, 3.8) is 0 Å². The molecule has 2 aromatic carbocycles. The predicted molar refractivity (Wildman–Crippen MR) is 100 cm³/mol. The molecule has 0 fully saturated rings. The van der Waals surface area contributed by atoms with Crippen LogP contribution in [0.2, 0.25) is 0 Å². The highest BCUT2D eigenvalue weighted by molar-refractivity contribution is 5.68. The molecule has 2 heterocycles. The van der Waals surface area contributed by atoms with E-state index in [0.717, 1.165) is 35.9 Å². The van der Waals surface area contributed by atoms with Gasteiger partial charge in [0.25, 0.3) is 0 Å². The van der Waals surface area contributed by atoms with Crippen LogP contribution in [0.5, 0.6) is 5.75 Å². The molecular formula is C20H20N4O. The second kappa shape index (κ2) is 6.43. The minimum absolute atomic E-state index is 0.590. The number of rotatable bonds is 4. The second-order valence-electron chi connectivity index (χ2n) is 6.08. The highest BCUT2D eigenvalue weighted by atomic mass is 16.5. The van der Waals surface area contributed by atoms with Gasteiger partial charge in [0.2, 0.25) is 5.95 Å². The minimum atomic E-state index is 0.590. The van der Waals surface area contributed by atoms with E-state index in [0.29, 0.717) is 5.95 Å². The second-order valence-corrected chi connectivity index (χ2v) is 6.08. The highest BCUT2D eigenvalue weighted by Gasteiger charge is 2.21. The summed E-state index contributed by atoms with van der Waals surface area (Å²) in [5.41, 5.74) is 4.42. The summed E-state index contributed by atoms with van der Waals surface area (Å²) in [6, 6.07) is 18.3. The van der Waals surface area contributed by atoms with Gasteiger partial charge < -0.3 is 15.0 Å². The molecule has 1 aromatic heterocycles. The zero-order valence-electron chi connectivity index (χ0n) is 14.4. The van der Waals surface area contributed by atoms with Crippen LogP contribution in [-0.4, -0.2) is 23.6 Å². The summed E-state index contributed by atoms with van der Waals surface area (Å²) in [6.45, 7) is 2.93. The topological polar surface area (TPSA) is 50.3 Å². The van der Waals surface area contributed by atoms with Crippen molar-refractivity contribution >= 4 is 23.1 Å². The van der Waals surface area contributed by atoms with Crippen molar-refractivity contribution in [2.75, 3.05) is 23.9 Å². The molecule has 0 amide bonds. The average Bonchev–Trinajstić information content (AvgIpc) is 3.05. The first-order chi connectivity index (χ1) is 12.2. The standard InChI is InChI=1S/C20H20N4O/c1-14-12-19(24-11-10-15-6-3-4-9-18(15)24)23-20(21-14)22-16-7-5-8-17(13-16)25-2/h3-9,12-13H,10-11H2,1-2H3,(H,21,22,23). The zero-order valence-corrected chi connectivity index (χ0v) is 14.4. The third-order valence-corrected chi connectivity index (χ3v) is 4.33. The van der Waals surface area contributed by atoms with E-state index >= 15 is 0 Å². The van der Waals surface area contributed by atoms with Gasteiger partial charge in [-0.1, -0.05) is 24.3 Å². The Bertz CT molecular complexity index is 910. The first kappa shape index (κ1) is 15.4. The molecule has 126 valence electrons. The number of nitrogens with one attached hydrogen (secondary N) is 1. The number of hydrogen-bond acceptors (Lipinski definition) is 5. The van der Waals surface area contributed by atoms with E-state index < -0.39 is 0 Å². The van der Waals surface area contributed by atoms with Crippen LogP contribution >= 0.6 is 0 Å². The van der Waals surface area contributed by atoms with Gasteiger partial charge in [-0.25, -0.2) is 4.98 Å². The van der Waals surface area contributed by atoms with E-state index in [1.165, 1.54) is 11.3 Å². The van der Waals surface area contributed by atoms with E-state index in [-0.39, 0.29) is 0 Å². The lowest BCUT2D eigenvalue weighted by Gasteiger charge is -2.19. The van der Waals surface area contributed by atoms with Crippen LogP contribution in [0, 0.1) is 6.92 Å². The van der Waals surface area contributed by atoms with Gasteiger partial charge in [-0.2, -0.15) is 4.98 Å². The van der Waals surface area contributed by atoms with Crippen LogP contribution < -0.4 is 15.0 Å². The minimum Gasteiger partial charge on any atom is -0.497 e. The number of aryl methyl sites for hydroxylation is 1. The van der Waals surface area contributed by atoms with Gasteiger partial charge >= 0.3 is 0 Å². The quantitative estimate of drug-likeness (QED) is 0.775. The summed E-state index contributed by atoms with van der Waals surface area (Å²) in [5, 5.41) is 3.28. The Hall–Kier alpha value is -3.08. The van der Waals surface area contributed by atoms with E-state index in [4.69, 9.17) is 9.72 Å². The Balaban J connectivity index is 1.65. The van der Waals surface area contributed by atoms with Crippen molar-refractivity contribution in [3.05, 3.63) is 65.9 Å². The summed E-state index contributed by atoms with van der Waals surface area (Å²) >= 11 is 0. The number of fused-ring (bicyclic) bond motifs is 1. The van der Waals surface area contributed by atoms with Gasteiger partial charge in [0, 0.05) is 35.7 Å². The third kappa shape index (κ3) is 3.13. The lowest BCUT2D eigenvalue weighted by Crippen LogP contribution is -2.16. The van der Waals surface area contributed by atoms with Gasteiger partial charge in [0.15, 0.2) is 0 Å². The molecule has 0 bridgehead atoms. The van der Waals surface area contributed by atoms with Crippen molar-refractivity contribution in [1.29, 1.82) is 0 Å². The highest BCUT2D eigenvalue weighted by Crippen LogP contribution is 2.34. The van der Waals surface area contributed by atoms with Crippen molar-refractivity contribution < 1.29 is 4.74 Å². The molecule has 5 heteroatoms. The fraction of sp³-hybridized carbons (Fsp3) is 0.200. The summed E-state index contributed by atoms with van der Waals surface area (Å²) in [5.74, 6) is 2.31. The zero-order chi connectivity index (χ0) is 17.2. The molecule has 25 heavy (non-hydrogen) atoms. The van der Waals surface area contributed by atoms with Gasteiger partial charge in [-0.3, -0.25) is 0 Å². The van der Waals surface area contributed by atoms with E-state index in [1.54, 1.807) is 7.11 Å². The van der Waals surface area contributed by atoms with Crippen LogP contribution in [-0.2, 0) is 6.42 Å². The number of hydrogen-bond donors (Lipinski definition) is 1. The molecule has 4 rings (SSSR count). The number of methoxy groups -OCH3 is 1. The lowest BCUT2D eigenvalue weighted by atomic mass is 10.2. The fourth-order valence-electron chi connectivity index (χ4n) is 3.15. The molecule has 0 radical (unpaired) electrons. The molecule has 0 saturated heterocycles. The maximum absolute atomic E-state index is 5.27. The molecule has 1 aliphatic heterocycles. The van der Waals surface area contributed by atoms with Crippen LogP contribution in [0.15, 0.2) is 54.6 Å². The average molecular weight is 332 g/mol. The molecule has 3 aromatic rings. The summed E-state index contributed by atoms with van der Waals surface area (Å²) in [4.78, 5) is 11.5. The number of nitrogens with zero attached hydrogens (tertiary/aromatic N) is 3. The molecule has 0 unspecified atom stereocenters. The van der Waals surface area contributed by atoms with E-state index in [1.807, 2.05) is 37.3 Å². The van der Waals surface area contributed by atoms with Crippen LogP contribution in [0.3, 0.4) is 0 Å². The number of anilines is 4. The van der Waals surface area contributed by atoms with E-state index in [2.05, 4.69) is 39.5 Å². The first-order valence-corrected chi connectivity index (χ1v) is 8.35. The molecule has 0 aliphatic carbocycles. The Morgan fingerprint density at radius 3 is 2.80 bits per heavy atom. The number of para-hydroxylation sites is 1. The number of ether oxygens (including phenoxy) is 1. The van der Waals surface area contributed by atoms with Crippen LogP contribution in [0.4, 0.5) is 23.1 Å². The molecule has 1 aliphatic rings. The Morgan fingerprint density at radius 2 is 1.92 bits per heavy atom. The van der Waals surface area contributed by atoms with Crippen molar-refractivity contribution in [1.82, 2.24) is 9.97 Å². The molecule has 0 saturated carbocycles. The van der Waals surface area contributed by atoms with Crippen molar-refractivity contribution in [3.8, 4) is 5.75 Å². The SMILES string of the molecule is COc1cccc(Nc2nc(C)cc(N3CCc4ccccc43)n2)c1. The summed E-state index contributed by atoms with van der Waals surface area (Å²) < 4.78 is 5.27. The third-order valence-electron chi connectivity index (χ3n) is 4.33. The van der Waals surface area contributed by atoms with Gasteiger partial charge in [-0.15, -0.1) is 0 Å². The molecule has 5 nitrogen and oxygen atoms in total. The molecule has 0 spiro atoms. The summed E-state index contributed by atoms with van der Waals surface area (Å²) in [6.07, 6.45) is 1.04. The number of aromatic nitrogens is 2. The molecule has 1 N–H and O–H groups in total. The normalized spacial score (nSPS) is 12.8. The van der Waals surface area contributed by atoms with Gasteiger partial charge in [0.05, 0.1) is 7.11 Å². The maximum atomic E-state index is 5.27. The largest absolute Gasteiger partial charge is 0.497 e. The van der Waals surface area contributed by atoms with E-state index in [9.17, 15) is 0 Å². The molecule has 0 atom stereocenters. The predicted octanol–water partition coefficient (Wildman–Crippen LogP) is 4.23. The fourth-order valence-corrected chi connectivity index (χ4v) is 3.15. The Kier molecular flexibility index (Phi) is 3.98. The van der Waals surface area contributed by atoms with Crippen molar-refractivity contribution in [2.45, 2.75) is 13.3 Å². The maximum Gasteiger partial charge on any atom is 0.229 e. The van der Waals surface area contributed by atoms with Gasteiger partial charge in [-0.05, 0) is 37.1 Å². The first-order valence-electron chi connectivity index (χ1n) is 8.35. The van der Waals surface area contributed by atoms with Crippen LogP contribution in [0.1, 0.15) is 11.3 Å². The Morgan fingerprint density at radius 1 is 1.04 bits per heavy atom.